The van der Waals surface area contributed by atoms with E-state index in [-0.39, 0.29) is 18.9 Å². The number of imidazole rings is 1. The zero-order chi connectivity index (χ0) is 27.0. The molecule has 0 aliphatic heterocycles. The Hall–Kier alpha value is -2.98. The van der Waals surface area contributed by atoms with E-state index in [0.29, 0.717) is 27.9 Å². The van der Waals surface area contributed by atoms with Crippen molar-refractivity contribution in [3.63, 3.8) is 0 Å². The number of aromatic nitrogens is 2. The number of halogens is 5. The quantitative estimate of drug-likeness (QED) is 0.290. The first-order chi connectivity index (χ1) is 17.4. The number of aliphatic hydroxyl groups is 1. The van der Waals surface area contributed by atoms with E-state index in [1.54, 1.807) is 12.1 Å². The molecule has 0 saturated carbocycles. The van der Waals surface area contributed by atoms with Gasteiger partial charge >= 0.3 is 6.36 Å². The highest BCUT2D eigenvalue weighted by atomic mass is 35.5. The fourth-order valence-electron chi connectivity index (χ4n) is 3.98. The lowest BCUT2D eigenvalue weighted by molar-refractivity contribution is -0.274. The van der Waals surface area contributed by atoms with Gasteiger partial charge in [0.15, 0.2) is 0 Å². The Bertz CT molecular complexity index is 1480. The van der Waals surface area contributed by atoms with Gasteiger partial charge in [0.1, 0.15) is 5.75 Å². The molecule has 0 atom stereocenters. The van der Waals surface area contributed by atoms with E-state index >= 15 is 0 Å². The lowest BCUT2D eigenvalue weighted by Gasteiger charge is -2.26. The van der Waals surface area contributed by atoms with Crippen LogP contribution in [-0.2, 0) is 18.7 Å². The van der Waals surface area contributed by atoms with E-state index in [0.717, 1.165) is 22.2 Å². The number of nitrogens with zero attached hydrogens (tertiary/aromatic N) is 3. The summed E-state index contributed by atoms with van der Waals surface area (Å²) in [6, 6.07) is 16.3. The van der Waals surface area contributed by atoms with Crippen molar-refractivity contribution in [3.05, 3.63) is 87.5 Å². The minimum atomic E-state index is -4.79. The van der Waals surface area contributed by atoms with E-state index in [9.17, 15) is 18.3 Å². The lowest BCUT2D eigenvalue weighted by atomic mass is 10.1. The average molecular weight is 553 g/mol. The number of ether oxygens (including phenoxy) is 1. The first kappa shape index (κ1) is 27.1. The molecule has 11 heteroatoms. The molecule has 37 heavy (non-hydrogen) atoms. The van der Waals surface area contributed by atoms with Crippen molar-refractivity contribution in [2.24, 2.45) is 10.7 Å². The lowest BCUT2D eigenvalue weighted by Crippen LogP contribution is -2.43. The molecule has 0 amide bonds. The second-order valence-corrected chi connectivity index (χ2v) is 9.94. The molecule has 0 saturated heterocycles. The number of hydrogen-bond donors (Lipinski definition) is 2. The summed E-state index contributed by atoms with van der Waals surface area (Å²) < 4.78 is 45.7. The number of hydrogen-bond acceptors (Lipinski definition) is 4. The molecular formula is C26H25Cl2F3N4O2. The molecular weight excluding hydrogens is 528 g/mol. The highest BCUT2D eigenvalue weighted by Crippen LogP contribution is 2.31. The standard InChI is InChI=1S/C26H25Cl2F3N4O2/c1-25(2,15-32)35-23-12-21(28)20(27)11-22(23)34(13-16-3-5-17(14-36)6-4-16)24(35)33-18-7-9-19(10-8-18)37-26(29,30)31/h3-12,36H,13-15,32H2,1-2H3/b33-24+. The molecule has 4 aromatic rings. The SMILES string of the molecule is CC(C)(CN)n1/c(=N/c2ccc(OC(F)(F)F)cc2)n(Cc2ccc(CO)cc2)c2cc(Cl)c(Cl)cc21. The largest absolute Gasteiger partial charge is 0.573 e. The number of aliphatic hydroxyl groups excluding tert-OH is 1. The van der Waals surface area contributed by atoms with E-state index in [2.05, 4.69) is 4.74 Å². The molecule has 3 aromatic carbocycles. The van der Waals surface area contributed by atoms with Crippen LogP contribution in [0.1, 0.15) is 25.0 Å². The minimum absolute atomic E-state index is 0.0693. The second kappa shape index (κ2) is 10.4. The van der Waals surface area contributed by atoms with Gasteiger partial charge in [-0.05, 0) is 61.4 Å². The van der Waals surface area contributed by atoms with Crippen molar-refractivity contribution >= 4 is 39.9 Å². The zero-order valence-electron chi connectivity index (χ0n) is 20.1. The van der Waals surface area contributed by atoms with Crippen molar-refractivity contribution < 1.29 is 23.0 Å². The van der Waals surface area contributed by atoms with Crippen LogP contribution in [0.3, 0.4) is 0 Å². The number of fused-ring (bicyclic) bond motifs is 1. The summed E-state index contributed by atoms with van der Waals surface area (Å²) in [5.41, 5.74) is 9.66. The fraction of sp³-hybridized carbons (Fsp3) is 0.269. The number of nitrogens with two attached hydrogens (primary N) is 1. The van der Waals surface area contributed by atoms with Crippen molar-refractivity contribution in [3.8, 4) is 5.75 Å². The van der Waals surface area contributed by atoms with Crippen LogP contribution in [0.2, 0.25) is 10.0 Å². The van der Waals surface area contributed by atoms with Gasteiger partial charge in [-0.25, -0.2) is 4.99 Å². The smallest absolute Gasteiger partial charge is 0.406 e. The molecule has 1 heterocycles. The van der Waals surface area contributed by atoms with Crippen molar-refractivity contribution in [1.29, 1.82) is 0 Å². The molecule has 0 spiro atoms. The molecule has 0 bridgehead atoms. The van der Waals surface area contributed by atoms with Crippen LogP contribution in [-0.4, -0.2) is 27.1 Å². The Morgan fingerprint density at radius 1 is 0.919 bits per heavy atom. The summed E-state index contributed by atoms with van der Waals surface area (Å²) in [4.78, 5) is 4.83. The first-order valence-corrected chi connectivity index (χ1v) is 12.1. The highest BCUT2D eigenvalue weighted by molar-refractivity contribution is 6.42. The van der Waals surface area contributed by atoms with Gasteiger partial charge in [-0.3, -0.25) is 0 Å². The maximum absolute atomic E-state index is 12.6. The molecule has 0 radical (unpaired) electrons. The third-order valence-corrected chi connectivity index (χ3v) is 6.66. The number of benzene rings is 3. The molecule has 0 aliphatic rings. The van der Waals surface area contributed by atoms with Gasteiger partial charge in [0.25, 0.3) is 0 Å². The molecule has 3 N–H and O–H groups in total. The van der Waals surface area contributed by atoms with Gasteiger partial charge in [-0.2, -0.15) is 0 Å². The number of alkyl halides is 3. The maximum atomic E-state index is 12.6. The van der Waals surface area contributed by atoms with Gasteiger partial charge in [0.05, 0.1) is 45.5 Å². The van der Waals surface area contributed by atoms with Crippen LogP contribution in [0.25, 0.3) is 11.0 Å². The molecule has 0 unspecified atom stereocenters. The van der Waals surface area contributed by atoms with Crippen LogP contribution >= 0.6 is 23.2 Å². The summed E-state index contributed by atoms with van der Waals surface area (Å²) in [5.74, 6) is -0.343. The predicted molar refractivity (Wildman–Crippen MR) is 138 cm³/mol. The summed E-state index contributed by atoms with van der Waals surface area (Å²) in [6.45, 7) is 4.49. The normalized spacial score (nSPS) is 12.9. The Morgan fingerprint density at radius 3 is 2.03 bits per heavy atom. The average Bonchev–Trinajstić information content (AvgIpc) is 3.12. The van der Waals surface area contributed by atoms with Gasteiger partial charge in [-0.1, -0.05) is 47.5 Å². The Morgan fingerprint density at radius 2 is 1.49 bits per heavy atom. The zero-order valence-corrected chi connectivity index (χ0v) is 21.6. The Kier molecular flexibility index (Phi) is 7.62. The van der Waals surface area contributed by atoms with Crippen LogP contribution in [0.15, 0.2) is 65.7 Å². The van der Waals surface area contributed by atoms with Crippen molar-refractivity contribution in [1.82, 2.24) is 9.13 Å². The van der Waals surface area contributed by atoms with Crippen LogP contribution in [0, 0.1) is 0 Å². The molecule has 0 aliphatic carbocycles. The van der Waals surface area contributed by atoms with Gasteiger partial charge in [-0.15, -0.1) is 13.2 Å². The molecule has 4 rings (SSSR count). The van der Waals surface area contributed by atoms with E-state index in [4.69, 9.17) is 33.9 Å². The van der Waals surface area contributed by atoms with Gasteiger partial charge in [0.2, 0.25) is 5.62 Å². The third-order valence-electron chi connectivity index (χ3n) is 5.94. The molecule has 196 valence electrons. The minimum Gasteiger partial charge on any atom is -0.406 e. The topological polar surface area (TPSA) is 77.7 Å². The monoisotopic (exact) mass is 552 g/mol. The second-order valence-electron chi connectivity index (χ2n) is 9.12. The van der Waals surface area contributed by atoms with E-state index in [1.165, 1.54) is 24.3 Å². The first-order valence-electron chi connectivity index (χ1n) is 11.3. The van der Waals surface area contributed by atoms with E-state index < -0.39 is 11.9 Å². The Balaban J connectivity index is 1.98. The van der Waals surface area contributed by atoms with Gasteiger partial charge in [0, 0.05) is 6.54 Å². The Labute approximate surface area is 221 Å². The van der Waals surface area contributed by atoms with Gasteiger partial charge < -0.3 is 24.7 Å². The molecule has 6 nitrogen and oxygen atoms in total. The fourth-order valence-corrected chi connectivity index (χ4v) is 4.30. The van der Waals surface area contributed by atoms with Crippen LogP contribution < -0.4 is 16.1 Å². The van der Waals surface area contributed by atoms with Crippen molar-refractivity contribution in [2.75, 3.05) is 6.54 Å². The summed E-state index contributed by atoms with van der Waals surface area (Å²) in [6.07, 6.45) is -4.79. The maximum Gasteiger partial charge on any atom is 0.573 e. The van der Waals surface area contributed by atoms with Crippen molar-refractivity contribution in [2.45, 2.75) is 38.9 Å². The van der Waals surface area contributed by atoms with Crippen LogP contribution in [0.4, 0.5) is 18.9 Å². The van der Waals surface area contributed by atoms with Crippen LogP contribution in [0.5, 0.6) is 5.75 Å². The summed E-state index contributed by atoms with van der Waals surface area (Å²) >= 11 is 12.8. The van der Waals surface area contributed by atoms with E-state index in [1.807, 2.05) is 47.2 Å². The molecule has 1 aromatic heterocycles. The predicted octanol–water partition coefficient (Wildman–Crippen LogP) is 6.12. The summed E-state index contributed by atoms with van der Waals surface area (Å²) in [5, 5.41) is 10.1. The third kappa shape index (κ3) is 5.96. The molecule has 0 fully saturated rings. The number of rotatable bonds is 7. The highest BCUT2D eigenvalue weighted by Gasteiger charge is 2.31. The summed E-state index contributed by atoms with van der Waals surface area (Å²) in [7, 11) is 0.